The number of hydrogen-bond donors (Lipinski definition) is 3. The number of hydrogen-bond acceptors (Lipinski definition) is 5. The number of nitrogens with two attached hydrogens (primary N) is 2. The van der Waals surface area contributed by atoms with Crippen molar-refractivity contribution in [2.45, 2.75) is 37.8 Å². The van der Waals surface area contributed by atoms with Crippen LogP contribution in [0.15, 0.2) is 24.4 Å². The van der Waals surface area contributed by atoms with Crippen LogP contribution in [0, 0.1) is 0 Å². The Hall–Kier alpha value is -1.88. The molecule has 19 heavy (non-hydrogen) atoms. The van der Waals surface area contributed by atoms with E-state index >= 15 is 0 Å². The van der Waals surface area contributed by atoms with Gasteiger partial charge in [-0.3, -0.25) is 4.98 Å². The van der Waals surface area contributed by atoms with Gasteiger partial charge in [0.15, 0.2) is 0 Å². The maximum Gasteiger partial charge on any atom is 0.145 e. The fraction of sp³-hybridized carbons (Fsp3) is 0.429. The van der Waals surface area contributed by atoms with Gasteiger partial charge in [0.2, 0.25) is 0 Å². The van der Waals surface area contributed by atoms with Gasteiger partial charge in [-0.05, 0) is 31.0 Å². The predicted molar refractivity (Wildman–Crippen MR) is 77.8 cm³/mol. The Morgan fingerprint density at radius 2 is 2.00 bits per heavy atom. The Balaban J connectivity index is 1.83. The monoisotopic (exact) mass is 257 g/mol. The molecule has 1 saturated carbocycles. The lowest BCUT2D eigenvalue weighted by atomic mass is 9.91. The normalized spacial score (nSPS) is 23.4. The largest absolute Gasteiger partial charge is 0.399 e. The third-order valence-corrected chi connectivity index (χ3v) is 3.72. The van der Waals surface area contributed by atoms with E-state index in [0.29, 0.717) is 11.7 Å². The molecule has 0 bridgehead atoms. The Bertz CT molecular complexity index is 583. The maximum absolute atomic E-state index is 6.13. The smallest absolute Gasteiger partial charge is 0.145 e. The van der Waals surface area contributed by atoms with Crippen LogP contribution in [-0.2, 0) is 0 Å². The van der Waals surface area contributed by atoms with Crippen molar-refractivity contribution in [1.29, 1.82) is 0 Å². The molecule has 0 amide bonds. The summed E-state index contributed by atoms with van der Waals surface area (Å²) in [6.07, 6.45) is 6.38. The van der Waals surface area contributed by atoms with Gasteiger partial charge >= 0.3 is 0 Å². The van der Waals surface area contributed by atoms with Gasteiger partial charge in [0.1, 0.15) is 5.82 Å². The van der Waals surface area contributed by atoms with Crippen molar-refractivity contribution in [1.82, 2.24) is 9.97 Å². The Morgan fingerprint density at radius 3 is 2.84 bits per heavy atom. The van der Waals surface area contributed by atoms with E-state index in [4.69, 9.17) is 11.5 Å². The van der Waals surface area contributed by atoms with E-state index in [1.165, 1.54) is 12.8 Å². The number of anilines is 2. The SMILES string of the molecule is Nc1ccc2nc(N[C@H]3CCCC[C@@H]3N)cnc2c1. The zero-order valence-electron chi connectivity index (χ0n) is 10.8. The molecule has 0 saturated heterocycles. The molecule has 100 valence electrons. The Kier molecular flexibility index (Phi) is 3.21. The van der Waals surface area contributed by atoms with Gasteiger partial charge in [-0.1, -0.05) is 12.8 Å². The van der Waals surface area contributed by atoms with Crippen LogP contribution in [0.3, 0.4) is 0 Å². The van der Waals surface area contributed by atoms with Crippen LogP contribution in [0.4, 0.5) is 11.5 Å². The van der Waals surface area contributed by atoms with E-state index in [1.807, 2.05) is 18.2 Å². The lowest BCUT2D eigenvalue weighted by molar-refractivity contribution is 0.403. The highest BCUT2D eigenvalue weighted by atomic mass is 15.1. The van der Waals surface area contributed by atoms with Crippen LogP contribution >= 0.6 is 0 Å². The Morgan fingerprint density at radius 1 is 1.16 bits per heavy atom. The average Bonchev–Trinajstić information content (AvgIpc) is 2.41. The van der Waals surface area contributed by atoms with Crippen LogP contribution in [-0.4, -0.2) is 22.1 Å². The second-order valence-electron chi connectivity index (χ2n) is 5.20. The summed E-state index contributed by atoms with van der Waals surface area (Å²) >= 11 is 0. The number of aromatic nitrogens is 2. The summed E-state index contributed by atoms with van der Waals surface area (Å²) in [5.41, 5.74) is 14.2. The van der Waals surface area contributed by atoms with Gasteiger partial charge in [-0.25, -0.2) is 4.98 Å². The van der Waals surface area contributed by atoms with Gasteiger partial charge in [-0.2, -0.15) is 0 Å². The molecule has 5 nitrogen and oxygen atoms in total. The van der Waals surface area contributed by atoms with Crippen molar-refractivity contribution in [2.75, 3.05) is 11.1 Å². The van der Waals surface area contributed by atoms with Crippen LogP contribution in [0.1, 0.15) is 25.7 Å². The van der Waals surface area contributed by atoms with Crippen molar-refractivity contribution in [3.63, 3.8) is 0 Å². The van der Waals surface area contributed by atoms with E-state index in [-0.39, 0.29) is 6.04 Å². The second-order valence-corrected chi connectivity index (χ2v) is 5.20. The second kappa shape index (κ2) is 5.01. The number of nitrogens with one attached hydrogen (secondary N) is 1. The van der Waals surface area contributed by atoms with E-state index < -0.39 is 0 Å². The third kappa shape index (κ3) is 2.61. The minimum atomic E-state index is 0.206. The number of fused-ring (bicyclic) bond motifs is 1. The summed E-state index contributed by atoms with van der Waals surface area (Å²) in [7, 11) is 0. The summed E-state index contributed by atoms with van der Waals surface area (Å²) in [5.74, 6) is 0.791. The molecule has 1 heterocycles. The number of nitrogens with zero attached hydrogens (tertiary/aromatic N) is 2. The molecule has 0 spiro atoms. The van der Waals surface area contributed by atoms with Gasteiger partial charge in [0.05, 0.1) is 17.2 Å². The fourth-order valence-electron chi connectivity index (χ4n) is 2.63. The summed E-state index contributed by atoms with van der Waals surface area (Å²) < 4.78 is 0. The molecule has 1 aromatic heterocycles. The molecule has 1 aliphatic rings. The lowest BCUT2D eigenvalue weighted by Crippen LogP contribution is -2.42. The van der Waals surface area contributed by atoms with Gasteiger partial charge in [-0.15, -0.1) is 0 Å². The van der Waals surface area contributed by atoms with Crippen LogP contribution in [0.25, 0.3) is 11.0 Å². The van der Waals surface area contributed by atoms with Gasteiger partial charge < -0.3 is 16.8 Å². The van der Waals surface area contributed by atoms with Crippen LogP contribution in [0.5, 0.6) is 0 Å². The molecule has 0 aliphatic heterocycles. The van der Waals surface area contributed by atoms with Crippen molar-refractivity contribution >= 4 is 22.5 Å². The molecule has 5 N–H and O–H groups in total. The first-order chi connectivity index (χ1) is 9.22. The van der Waals surface area contributed by atoms with Crippen molar-refractivity contribution in [3.05, 3.63) is 24.4 Å². The predicted octanol–water partition coefficient (Wildman–Crippen LogP) is 1.89. The maximum atomic E-state index is 6.13. The summed E-state index contributed by atoms with van der Waals surface area (Å²) in [4.78, 5) is 8.95. The molecule has 1 aromatic carbocycles. The van der Waals surface area contributed by atoms with Crippen molar-refractivity contribution in [3.8, 4) is 0 Å². The highest BCUT2D eigenvalue weighted by molar-refractivity contribution is 5.79. The molecule has 3 rings (SSSR count). The summed E-state index contributed by atoms with van der Waals surface area (Å²) in [5, 5.41) is 3.41. The van der Waals surface area contributed by atoms with E-state index in [9.17, 15) is 0 Å². The lowest BCUT2D eigenvalue weighted by Gasteiger charge is -2.29. The van der Waals surface area contributed by atoms with Crippen molar-refractivity contribution in [2.24, 2.45) is 5.73 Å². The molecule has 0 unspecified atom stereocenters. The first kappa shape index (κ1) is 12.2. The minimum Gasteiger partial charge on any atom is -0.399 e. The first-order valence-electron chi connectivity index (χ1n) is 6.77. The highest BCUT2D eigenvalue weighted by Crippen LogP contribution is 2.21. The van der Waals surface area contributed by atoms with E-state index in [0.717, 1.165) is 29.7 Å². The summed E-state index contributed by atoms with van der Waals surface area (Å²) in [6.45, 7) is 0. The van der Waals surface area contributed by atoms with Gasteiger partial charge in [0.25, 0.3) is 0 Å². The summed E-state index contributed by atoms with van der Waals surface area (Å²) in [6, 6.07) is 6.07. The number of rotatable bonds is 2. The topological polar surface area (TPSA) is 89.8 Å². The third-order valence-electron chi connectivity index (χ3n) is 3.72. The van der Waals surface area contributed by atoms with Crippen LogP contribution in [0.2, 0.25) is 0 Å². The Labute approximate surface area is 112 Å². The van der Waals surface area contributed by atoms with Crippen molar-refractivity contribution < 1.29 is 0 Å². The molecule has 0 radical (unpaired) electrons. The average molecular weight is 257 g/mol. The number of nitrogen functional groups attached to an aromatic ring is 1. The molecule has 2 atom stereocenters. The van der Waals surface area contributed by atoms with E-state index in [1.54, 1.807) is 6.20 Å². The molecule has 5 heteroatoms. The molecule has 2 aromatic rings. The quantitative estimate of drug-likeness (QED) is 0.715. The standard InChI is InChI=1S/C14H19N5/c15-9-5-6-12-13(7-9)17-8-14(19-12)18-11-4-2-1-3-10(11)16/h5-8,10-11H,1-4,15-16H2,(H,18,19)/t10-,11-/m0/s1. The van der Waals surface area contributed by atoms with E-state index in [2.05, 4.69) is 15.3 Å². The van der Waals surface area contributed by atoms with Crippen LogP contribution < -0.4 is 16.8 Å². The highest BCUT2D eigenvalue weighted by Gasteiger charge is 2.21. The van der Waals surface area contributed by atoms with Gasteiger partial charge in [0, 0.05) is 17.8 Å². The zero-order chi connectivity index (χ0) is 13.2. The minimum absolute atomic E-state index is 0.206. The molecule has 1 fully saturated rings. The first-order valence-corrected chi connectivity index (χ1v) is 6.77. The zero-order valence-corrected chi connectivity index (χ0v) is 10.8. The molecule has 1 aliphatic carbocycles. The molecular formula is C14H19N5. The molecular weight excluding hydrogens is 238 g/mol. The number of benzene rings is 1. The fourth-order valence-corrected chi connectivity index (χ4v) is 2.63.